The molecular weight excluding hydrogens is 821 g/mol. The van der Waals surface area contributed by atoms with E-state index in [1.54, 1.807) is 0 Å². The first-order chi connectivity index (χ1) is 33.7. The molecule has 0 fully saturated rings. The number of para-hydroxylation sites is 1. The van der Waals surface area contributed by atoms with Gasteiger partial charge in [-0.3, -0.25) is 0 Å². The lowest BCUT2D eigenvalue weighted by Crippen LogP contribution is -2.11. The van der Waals surface area contributed by atoms with Crippen LogP contribution in [0.15, 0.2) is 291 Å². The van der Waals surface area contributed by atoms with E-state index in [9.17, 15) is 0 Å². The second-order valence-electron chi connectivity index (χ2n) is 17.0. The largest absolute Gasteiger partial charge is 0.311 e. The highest BCUT2D eigenvalue weighted by atomic mass is 15.1. The van der Waals surface area contributed by atoms with Gasteiger partial charge in [-0.05, 0) is 128 Å². The first-order valence-electron chi connectivity index (χ1n) is 23.2. The van der Waals surface area contributed by atoms with Crippen LogP contribution in [0.2, 0.25) is 0 Å². The van der Waals surface area contributed by atoms with Crippen LogP contribution < -0.4 is 9.80 Å². The zero-order valence-electron chi connectivity index (χ0n) is 37.6. The molecule has 0 aromatic heterocycles. The van der Waals surface area contributed by atoms with Gasteiger partial charge in [-0.25, -0.2) is 0 Å². The summed E-state index contributed by atoms with van der Waals surface area (Å²) in [6.45, 7) is 0. The molecule has 11 aromatic carbocycles. The molecule has 0 aliphatic rings. The van der Waals surface area contributed by atoms with Gasteiger partial charge in [0.15, 0.2) is 0 Å². The van der Waals surface area contributed by atoms with E-state index in [0.717, 1.165) is 56.4 Å². The van der Waals surface area contributed by atoms with Gasteiger partial charge >= 0.3 is 0 Å². The summed E-state index contributed by atoms with van der Waals surface area (Å²) in [5, 5.41) is 0. The molecule has 11 aromatic rings. The maximum absolute atomic E-state index is 2.38. The smallest absolute Gasteiger partial charge is 0.0540 e. The molecule has 322 valence electrons. The van der Waals surface area contributed by atoms with Gasteiger partial charge < -0.3 is 9.80 Å². The molecule has 0 heterocycles. The highest BCUT2D eigenvalue weighted by Crippen LogP contribution is 2.43. The summed E-state index contributed by atoms with van der Waals surface area (Å²) in [6, 6.07) is 105. The van der Waals surface area contributed by atoms with Gasteiger partial charge in [-0.2, -0.15) is 0 Å². The number of hydrogen-bond acceptors (Lipinski definition) is 2. The maximum atomic E-state index is 2.38. The average Bonchev–Trinajstić information content (AvgIpc) is 3.43. The summed E-state index contributed by atoms with van der Waals surface area (Å²) in [4.78, 5) is 4.71. The van der Waals surface area contributed by atoms with Crippen LogP contribution >= 0.6 is 0 Å². The topological polar surface area (TPSA) is 6.48 Å². The van der Waals surface area contributed by atoms with Crippen molar-refractivity contribution in [2.24, 2.45) is 0 Å². The van der Waals surface area contributed by atoms with Gasteiger partial charge in [-0.15, -0.1) is 0 Å². The van der Waals surface area contributed by atoms with Gasteiger partial charge in [0.1, 0.15) is 0 Å². The van der Waals surface area contributed by atoms with Crippen molar-refractivity contribution in [3.63, 3.8) is 0 Å². The van der Waals surface area contributed by atoms with Crippen molar-refractivity contribution in [3.05, 3.63) is 291 Å². The number of hydrogen-bond donors (Lipinski definition) is 0. The number of nitrogens with zero attached hydrogens (tertiary/aromatic N) is 2. The third kappa shape index (κ3) is 8.87. The third-order valence-corrected chi connectivity index (χ3v) is 12.7. The third-order valence-electron chi connectivity index (χ3n) is 12.7. The van der Waals surface area contributed by atoms with Gasteiger partial charge in [0, 0.05) is 34.0 Å². The molecule has 0 aliphatic carbocycles. The van der Waals surface area contributed by atoms with Gasteiger partial charge in [0.2, 0.25) is 0 Å². The molecule has 0 atom stereocenters. The van der Waals surface area contributed by atoms with Crippen molar-refractivity contribution in [1.29, 1.82) is 0 Å². The minimum absolute atomic E-state index is 1.09. The van der Waals surface area contributed by atoms with Crippen LogP contribution in [-0.2, 0) is 0 Å². The Kier molecular flexibility index (Phi) is 11.8. The Morgan fingerprint density at radius 1 is 0.147 bits per heavy atom. The summed E-state index contributed by atoms with van der Waals surface area (Å²) in [5.74, 6) is 0. The predicted molar refractivity (Wildman–Crippen MR) is 288 cm³/mol. The van der Waals surface area contributed by atoms with Crippen molar-refractivity contribution in [1.82, 2.24) is 0 Å². The minimum Gasteiger partial charge on any atom is -0.311 e. The van der Waals surface area contributed by atoms with Crippen molar-refractivity contribution < 1.29 is 0 Å². The number of anilines is 6. The van der Waals surface area contributed by atoms with Crippen LogP contribution in [0.3, 0.4) is 0 Å². The quantitative estimate of drug-likeness (QED) is 0.121. The molecule has 0 radical (unpaired) electrons. The maximum Gasteiger partial charge on any atom is 0.0540 e. The fraction of sp³-hybridized carbons (Fsp3) is 0. The van der Waals surface area contributed by atoms with E-state index in [1.807, 2.05) is 0 Å². The van der Waals surface area contributed by atoms with Gasteiger partial charge in [0.05, 0.1) is 5.69 Å². The molecule has 2 heteroatoms. The lowest BCUT2D eigenvalue weighted by molar-refractivity contribution is 1.28. The summed E-state index contributed by atoms with van der Waals surface area (Å²) < 4.78 is 0. The molecule has 0 unspecified atom stereocenters. The van der Waals surface area contributed by atoms with Crippen molar-refractivity contribution >= 4 is 34.1 Å². The minimum atomic E-state index is 1.09. The number of rotatable bonds is 12. The summed E-state index contributed by atoms with van der Waals surface area (Å²) >= 11 is 0. The second-order valence-corrected chi connectivity index (χ2v) is 17.0. The van der Waals surface area contributed by atoms with Crippen LogP contribution in [0.25, 0.3) is 66.8 Å². The van der Waals surface area contributed by atoms with Crippen LogP contribution in [0.5, 0.6) is 0 Å². The Balaban J connectivity index is 0.908. The van der Waals surface area contributed by atoms with E-state index in [2.05, 4.69) is 301 Å². The Labute approximate surface area is 400 Å². The molecule has 0 spiro atoms. The zero-order valence-corrected chi connectivity index (χ0v) is 37.6. The van der Waals surface area contributed by atoms with E-state index in [4.69, 9.17) is 0 Å². The van der Waals surface area contributed by atoms with Crippen molar-refractivity contribution in [3.8, 4) is 66.8 Å². The summed E-state index contributed by atoms with van der Waals surface area (Å²) in [5.41, 5.74) is 20.8. The SMILES string of the molecule is c1ccc(-c2ccc(N(c3ccc(-c4ccccc4)cc3)c3ccc(-c4ccc(-c5ccccc5N(c5ccc(-c6ccccc6)cc5)c5ccc(-c6ccccc6)cc5)cc4)cc3)cc2)cc1. The standard InChI is InChI=1S/C66H48N2/c1-5-15-49(16-6-1)54-29-39-60(40-30-54)67(61-41-31-55(32-42-61)50-17-7-2-8-18-50)62-43-33-58(34-44-62)53-25-27-59(28-26-53)65-23-13-14-24-66(65)68(63-45-35-56(36-46-63)51-19-9-3-10-20-51)64-47-37-57(38-48-64)52-21-11-4-12-22-52/h1-48H. The molecule has 0 aliphatic heterocycles. The van der Waals surface area contributed by atoms with E-state index in [-0.39, 0.29) is 0 Å². The van der Waals surface area contributed by atoms with Crippen LogP contribution in [0.1, 0.15) is 0 Å². The molecule has 0 N–H and O–H groups in total. The Morgan fingerprint density at radius 3 is 0.647 bits per heavy atom. The molecule has 0 saturated carbocycles. The Hall–Kier alpha value is -8.98. The fourth-order valence-corrected chi connectivity index (χ4v) is 9.17. The molecule has 11 rings (SSSR count). The van der Waals surface area contributed by atoms with Gasteiger partial charge in [-0.1, -0.05) is 224 Å². The number of benzene rings is 11. The van der Waals surface area contributed by atoms with E-state index in [1.165, 1.54) is 44.5 Å². The first kappa shape index (κ1) is 41.7. The zero-order chi connectivity index (χ0) is 45.5. The Morgan fingerprint density at radius 2 is 0.353 bits per heavy atom. The molecular formula is C66H48N2. The lowest BCUT2D eigenvalue weighted by atomic mass is 9.97. The molecule has 0 amide bonds. The normalized spacial score (nSPS) is 10.9. The first-order valence-corrected chi connectivity index (χ1v) is 23.2. The van der Waals surface area contributed by atoms with Crippen LogP contribution in [0.4, 0.5) is 34.1 Å². The van der Waals surface area contributed by atoms with E-state index < -0.39 is 0 Å². The molecule has 0 bridgehead atoms. The second kappa shape index (κ2) is 19.2. The van der Waals surface area contributed by atoms with Crippen LogP contribution in [-0.4, -0.2) is 0 Å². The molecule has 0 saturated heterocycles. The highest BCUT2D eigenvalue weighted by Gasteiger charge is 2.19. The van der Waals surface area contributed by atoms with Crippen molar-refractivity contribution in [2.75, 3.05) is 9.80 Å². The molecule has 68 heavy (non-hydrogen) atoms. The Bertz CT molecular complexity index is 3190. The predicted octanol–water partition coefficient (Wildman–Crippen LogP) is 18.6. The summed E-state index contributed by atoms with van der Waals surface area (Å²) in [6.07, 6.45) is 0. The van der Waals surface area contributed by atoms with Crippen LogP contribution in [0, 0.1) is 0 Å². The lowest BCUT2D eigenvalue weighted by Gasteiger charge is -2.28. The summed E-state index contributed by atoms with van der Waals surface area (Å²) in [7, 11) is 0. The average molecular weight is 869 g/mol. The van der Waals surface area contributed by atoms with E-state index >= 15 is 0 Å². The van der Waals surface area contributed by atoms with Gasteiger partial charge in [0.25, 0.3) is 0 Å². The highest BCUT2D eigenvalue weighted by molar-refractivity contribution is 5.90. The van der Waals surface area contributed by atoms with E-state index in [0.29, 0.717) is 0 Å². The van der Waals surface area contributed by atoms with Crippen molar-refractivity contribution in [2.45, 2.75) is 0 Å². The molecule has 2 nitrogen and oxygen atoms in total. The monoisotopic (exact) mass is 868 g/mol. The fourth-order valence-electron chi connectivity index (χ4n) is 9.17.